The molecule has 1 rings (SSSR count). The van der Waals surface area contributed by atoms with Gasteiger partial charge in [-0.05, 0) is 32.6 Å². The van der Waals surface area contributed by atoms with Crippen LogP contribution in [0.3, 0.4) is 0 Å². The normalized spacial score (nSPS) is 22.9. The van der Waals surface area contributed by atoms with Gasteiger partial charge in [0.1, 0.15) is 11.4 Å². The van der Waals surface area contributed by atoms with E-state index < -0.39 is 5.60 Å². The molecule has 13 heavy (non-hydrogen) atoms. The Labute approximate surface area is 78.9 Å². The van der Waals surface area contributed by atoms with Gasteiger partial charge < -0.3 is 15.2 Å². The lowest BCUT2D eigenvalue weighted by Gasteiger charge is -2.30. The number of amidine groups is 1. The van der Waals surface area contributed by atoms with Gasteiger partial charge in [0.15, 0.2) is 6.29 Å². The van der Waals surface area contributed by atoms with E-state index in [0.29, 0.717) is 0 Å². The average molecular weight is 186 g/mol. The third kappa shape index (κ3) is 2.19. The van der Waals surface area contributed by atoms with Crippen molar-refractivity contribution in [2.75, 3.05) is 7.11 Å². The van der Waals surface area contributed by atoms with E-state index in [2.05, 4.69) is 0 Å². The minimum Gasteiger partial charge on any atom is -0.385 e. The number of methoxy groups -OCH3 is 1. The van der Waals surface area contributed by atoms with E-state index in [0.717, 1.165) is 25.7 Å². The highest BCUT2D eigenvalue weighted by Gasteiger charge is 2.39. The van der Waals surface area contributed by atoms with Crippen molar-refractivity contribution in [3.05, 3.63) is 0 Å². The molecule has 1 aliphatic rings. The molecule has 1 atom stereocenters. The van der Waals surface area contributed by atoms with Gasteiger partial charge in [0, 0.05) is 7.11 Å². The summed E-state index contributed by atoms with van der Waals surface area (Å²) >= 11 is 0. The molecule has 0 aliphatic heterocycles. The van der Waals surface area contributed by atoms with Gasteiger partial charge in [-0.15, -0.1) is 0 Å². The number of hydrogen-bond acceptors (Lipinski definition) is 3. The zero-order valence-electron chi connectivity index (χ0n) is 8.30. The van der Waals surface area contributed by atoms with Crippen LogP contribution in [0.4, 0.5) is 0 Å². The van der Waals surface area contributed by atoms with Crippen LogP contribution in [0, 0.1) is 5.41 Å². The second kappa shape index (κ2) is 4.07. The molecule has 0 bridgehead atoms. The summed E-state index contributed by atoms with van der Waals surface area (Å²) in [5, 5.41) is 7.51. The topological polar surface area (TPSA) is 68.3 Å². The fourth-order valence-electron chi connectivity index (χ4n) is 1.76. The van der Waals surface area contributed by atoms with Gasteiger partial charge in [-0.25, -0.2) is 0 Å². The van der Waals surface area contributed by atoms with E-state index in [1.54, 1.807) is 7.11 Å². The van der Waals surface area contributed by atoms with Crippen molar-refractivity contribution in [1.82, 2.24) is 0 Å². The average Bonchev–Trinajstić information content (AvgIpc) is 2.54. The smallest absolute Gasteiger partial charge is 0.155 e. The molecule has 4 nitrogen and oxygen atoms in total. The Morgan fingerprint density at radius 3 is 2.38 bits per heavy atom. The third-order valence-corrected chi connectivity index (χ3v) is 2.63. The summed E-state index contributed by atoms with van der Waals surface area (Å²) in [6.45, 7) is 1.82. The van der Waals surface area contributed by atoms with E-state index in [1.807, 2.05) is 6.92 Å². The highest BCUT2D eigenvalue weighted by molar-refractivity contribution is 5.86. The number of nitrogens with one attached hydrogen (secondary N) is 1. The highest BCUT2D eigenvalue weighted by atomic mass is 16.7. The predicted octanol–water partition coefficient (Wildman–Crippen LogP) is 1.24. The number of nitrogens with two attached hydrogens (primary N) is 1. The van der Waals surface area contributed by atoms with Crippen LogP contribution in [0.1, 0.15) is 32.6 Å². The maximum absolute atomic E-state index is 7.51. The van der Waals surface area contributed by atoms with Gasteiger partial charge >= 0.3 is 0 Å². The minimum absolute atomic E-state index is 0.133. The van der Waals surface area contributed by atoms with Gasteiger partial charge in [-0.1, -0.05) is 0 Å². The molecule has 4 heteroatoms. The second-order valence-corrected chi connectivity index (χ2v) is 3.54. The Bertz CT molecular complexity index is 188. The van der Waals surface area contributed by atoms with Crippen LogP contribution < -0.4 is 5.73 Å². The van der Waals surface area contributed by atoms with Crippen molar-refractivity contribution in [2.24, 2.45) is 5.73 Å². The summed E-state index contributed by atoms with van der Waals surface area (Å²) < 4.78 is 10.7. The van der Waals surface area contributed by atoms with E-state index >= 15 is 0 Å². The first kappa shape index (κ1) is 10.5. The van der Waals surface area contributed by atoms with Crippen molar-refractivity contribution in [1.29, 1.82) is 5.41 Å². The molecule has 0 aromatic carbocycles. The molecule has 0 aromatic heterocycles. The highest BCUT2D eigenvalue weighted by Crippen LogP contribution is 2.34. The van der Waals surface area contributed by atoms with E-state index in [-0.39, 0.29) is 12.1 Å². The van der Waals surface area contributed by atoms with E-state index in [9.17, 15) is 0 Å². The molecule has 1 saturated carbocycles. The predicted molar refractivity (Wildman–Crippen MR) is 50.7 cm³/mol. The largest absolute Gasteiger partial charge is 0.385 e. The Morgan fingerprint density at radius 1 is 1.46 bits per heavy atom. The zero-order chi connectivity index (χ0) is 9.90. The third-order valence-electron chi connectivity index (χ3n) is 2.63. The molecule has 76 valence electrons. The molecule has 1 aliphatic carbocycles. The number of ether oxygens (including phenoxy) is 2. The molecule has 0 heterocycles. The van der Waals surface area contributed by atoms with Crippen molar-refractivity contribution >= 4 is 5.84 Å². The lowest BCUT2D eigenvalue weighted by Crippen LogP contribution is -2.45. The van der Waals surface area contributed by atoms with Crippen molar-refractivity contribution in [2.45, 2.75) is 44.5 Å². The van der Waals surface area contributed by atoms with Crippen LogP contribution in [0.25, 0.3) is 0 Å². The molecule has 1 fully saturated rings. The molecule has 1 unspecified atom stereocenters. The van der Waals surface area contributed by atoms with Gasteiger partial charge in [0.25, 0.3) is 0 Å². The van der Waals surface area contributed by atoms with Crippen molar-refractivity contribution in [3.63, 3.8) is 0 Å². The molecule has 0 spiro atoms. The summed E-state index contributed by atoms with van der Waals surface area (Å²) in [6, 6.07) is 0. The fourth-order valence-corrected chi connectivity index (χ4v) is 1.76. The first-order valence-corrected chi connectivity index (χ1v) is 4.66. The first-order chi connectivity index (χ1) is 6.10. The Morgan fingerprint density at radius 2 is 2.00 bits per heavy atom. The molecule has 0 amide bonds. The quantitative estimate of drug-likeness (QED) is 0.394. The Hall–Kier alpha value is -0.610. The van der Waals surface area contributed by atoms with Crippen LogP contribution >= 0.6 is 0 Å². The lowest BCUT2D eigenvalue weighted by atomic mass is 10.0. The van der Waals surface area contributed by atoms with Crippen LogP contribution in [0.2, 0.25) is 0 Å². The van der Waals surface area contributed by atoms with Gasteiger partial charge in [0.2, 0.25) is 0 Å². The van der Waals surface area contributed by atoms with Gasteiger partial charge in [-0.2, -0.15) is 0 Å². The monoisotopic (exact) mass is 186 g/mol. The molecular weight excluding hydrogens is 168 g/mol. The van der Waals surface area contributed by atoms with Crippen molar-refractivity contribution in [3.8, 4) is 0 Å². The summed E-state index contributed by atoms with van der Waals surface area (Å²) in [6.07, 6.45) is 3.56. The Balaban J connectivity index is 2.62. The molecule has 3 N–H and O–H groups in total. The summed E-state index contributed by atoms with van der Waals surface area (Å²) in [4.78, 5) is 0. The fraction of sp³-hybridized carbons (Fsp3) is 0.889. The van der Waals surface area contributed by atoms with Crippen LogP contribution in [-0.4, -0.2) is 24.8 Å². The number of hydrogen-bond donors (Lipinski definition) is 2. The SMILES string of the molecule is COC(C)OC1(C(=N)N)CCCC1. The number of rotatable bonds is 4. The lowest BCUT2D eigenvalue weighted by molar-refractivity contribution is -0.163. The van der Waals surface area contributed by atoms with Crippen LogP contribution in [0.15, 0.2) is 0 Å². The molecule has 0 aromatic rings. The molecular formula is C9H18N2O2. The standard InChI is InChI=1S/C9H18N2O2/c1-7(12-2)13-9(8(10)11)5-3-4-6-9/h7H,3-6H2,1-2H3,(H3,10,11). The second-order valence-electron chi connectivity index (χ2n) is 3.54. The zero-order valence-corrected chi connectivity index (χ0v) is 8.30. The van der Waals surface area contributed by atoms with Crippen molar-refractivity contribution < 1.29 is 9.47 Å². The summed E-state index contributed by atoms with van der Waals surface area (Å²) in [5.74, 6) is 0.133. The van der Waals surface area contributed by atoms with Crippen LogP contribution in [0.5, 0.6) is 0 Å². The van der Waals surface area contributed by atoms with E-state index in [1.165, 1.54) is 0 Å². The summed E-state index contributed by atoms with van der Waals surface area (Å²) in [5.41, 5.74) is 4.99. The summed E-state index contributed by atoms with van der Waals surface area (Å²) in [7, 11) is 1.59. The maximum atomic E-state index is 7.51. The molecule has 0 radical (unpaired) electrons. The van der Waals surface area contributed by atoms with Crippen LogP contribution in [-0.2, 0) is 9.47 Å². The molecule has 0 saturated heterocycles. The first-order valence-electron chi connectivity index (χ1n) is 4.66. The van der Waals surface area contributed by atoms with E-state index in [4.69, 9.17) is 20.6 Å². The Kier molecular flexibility index (Phi) is 3.27. The van der Waals surface area contributed by atoms with Gasteiger partial charge in [0.05, 0.1) is 0 Å². The maximum Gasteiger partial charge on any atom is 0.155 e. The van der Waals surface area contributed by atoms with Gasteiger partial charge in [-0.3, -0.25) is 5.41 Å². The minimum atomic E-state index is -0.546.